The van der Waals surface area contributed by atoms with Crippen molar-refractivity contribution in [1.82, 2.24) is 19.7 Å². The summed E-state index contributed by atoms with van der Waals surface area (Å²) in [6.07, 6.45) is 5.04. The van der Waals surface area contributed by atoms with E-state index < -0.39 is 0 Å². The lowest BCUT2D eigenvalue weighted by Crippen LogP contribution is -2.15. The Balaban J connectivity index is 1.53. The summed E-state index contributed by atoms with van der Waals surface area (Å²) in [6, 6.07) is 15.0. The van der Waals surface area contributed by atoms with Gasteiger partial charge in [-0.05, 0) is 52.3 Å². The number of aromatic nitrogens is 4. The Labute approximate surface area is 179 Å². The van der Waals surface area contributed by atoms with Crippen LogP contribution in [0.5, 0.6) is 0 Å². The van der Waals surface area contributed by atoms with Crippen LogP contribution in [0.4, 0.5) is 5.69 Å². The summed E-state index contributed by atoms with van der Waals surface area (Å²) in [5.74, 6) is 1.55. The summed E-state index contributed by atoms with van der Waals surface area (Å²) in [5.41, 5.74) is 1.62. The molecular weight excluding hydrogens is 454 g/mol. The quantitative estimate of drug-likeness (QED) is 0.401. The topological polar surface area (TPSA) is 85.8 Å². The molecule has 7 nitrogen and oxygen atoms in total. The number of para-hydroxylation sites is 1. The highest BCUT2D eigenvalue weighted by Gasteiger charge is 2.17. The Bertz CT molecular complexity index is 1100. The van der Waals surface area contributed by atoms with Gasteiger partial charge in [-0.25, -0.2) is 0 Å². The van der Waals surface area contributed by atoms with Crippen molar-refractivity contribution in [1.29, 1.82) is 0 Å². The van der Waals surface area contributed by atoms with Gasteiger partial charge in [0.15, 0.2) is 11.0 Å². The molecule has 4 rings (SSSR count). The molecule has 0 fully saturated rings. The summed E-state index contributed by atoms with van der Waals surface area (Å²) in [5, 5.41) is 12.1. The van der Waals surface area contributed by atoms with Gasteiger partial charge in [0.05, 0.1) is 24.2 Å². The van der Waals surface area contributed by atoms with E-state index in [1.54, 1.807) is 18.7 Å². The molecule has 29 heavy (non-hydrogen) atoms. The number of thioether (sulfide) groups is 1. The monoisotopic (exact) mass is 469 g/mol. The van der Waals surface area contributed by atoms with E-state index in [-0.39, 0.29) is 11.7 Å². The van der Waals surface area contributed by atoms with Crippen LogP contribution in [0.3, 0.4) is 0 Å². The molecule has 146 valence electrons. The molecule has 3 heterocycles. The molecule has 1 aromatic carbocycles. The highest BCUT2D eigenvalue weighted by molar-refractivity contribution is 9.10. The second-order valence-corrected chi connectivity index (χ2v) is 7.82. The smallest absolute Gasteiger partial charge is 0.234 e. The molecule has 0 saturated carbocycles. The van der Waals surface area contributed by atoms with E-state index in [9.17, 15) is 4.79 Å². The Morgan fingerprint density at radius 3 is 2.69 bits per heavy atom. The molecule has 0 saturated heterocycles. The summed E-state index contributed by atoms with van der Waals surface area (Å²) < 4.78 is 8.26. The molecule has 0 unspecified atom stereocenters. The number of carbonyl (C=O) groups is 1. The number of nitrogens with zero attached hydrogens (tertiary/aromatic N) is 4. The number of anilines is 1. The number of amides is 1. The summed E-state index contributed by atoms with van der Waals surface area (Å²) >= 11 is 4.75. The molecule has 0 radical (unpaired) electrons. The minimum atomic E-state index is -0.125. The maximum absolute atomic E-state index is 12.4. The van der Waals surface area contributed by atoms with Crippen molar-refractivity contribution in [3.8, 4) is 11.4 Å². The van der Waals surface area contributed by atoms with Gasteiger partial charge in [0.25, 0.3) is 0 Å². The summed E-state index contributed by atoms with van der Waals surface area (Å²) in [6.45, 7) is 0.464. The van der Waals surface area contributed by atoms with Crippen molar-refractivity contribution in [3.63, 3.8) is 0 Å². The number of rotatable bonds is 7. The van der Waals surface area contributed by atoms with E-state index in [2.05, 4.69) is 36.4 Å². The van der Waals surface area contributed by atoms with Crippen LogP contribution in [0.2, 0.25) is 0 Å². The van der Waals surface area contributed by atoms with E-state index in [0.717, 1.165) is 21.5 Å². The first kappa shape index (κ1) is 19.4. The minimum Gasteiger partial charge on any atom is -0.467 e. The number of furan rings is 1. The third-order valence-corrected chi connectivity index (χ3v) is 5.69. The third-order valence-electron chi connectivity index (χ3n) is 4.03. The van der Waals surface area contributed by atoms with Gasteiger partial charge >= 0.3 is 0 Å². The van der Waals surface area contributed by atoms with Gasteiger partial charge in [0.2, 0.25) is 5.91 Å². The van der Waals surface area contributed by atoms with Crippen LogP contribution in [0.25, 0.3) is 11.4 Å². The average Bonchev–Trinajstić information content (AvgIpc) is 3.39. The van der Waals surface area contributed by atoms with Gasteiger partial charge in [0.1, 0.15) is 5.76 Å². The first-order valence-electron chi connectivity index (χ1n) is 8.74. The van der Waals surface area contributed by atoms with Crippen molar-refractivity contribution in [3.05, 3.63) is 77.4 Å². The van der Waals surface area contributed by atoms with Crippen molar-refractivity contribution >= 4 is 39.3 Å². The first-order chi connectivity index (χ1) is 14.2. The Morgan fingerprint density at radius 1 is 1.10 bits per heavy atom. The molecule has 3 aromatic heterocycles. The van der Waals surface area contributed by atoms with Crippen LogP contribution in [0, 0.1) is 0 Å². The molecular formula is C20H16BrN5O2S. The third kappa shape index (κ3) is 4.75. The zero-order valence-electron chi connectivity index (χ0n) is 15.2. The molecule has 0 aliphatic rings. The molecule has 0 spiro atoms. The molecule has 4 aromatic rings. The van der Waals surface area contributed by atoms with E-state index in [4.69, 9.17) is 4.42 Å². The number of carbonyl (C=O) groups excluding carboxylic acids is 1. The Kier molecular flexibility index (Phi) is 6.06. The molecule has 1 amide bonds. The molecule has 9 heteroatoms. The number of hydrogen-bond donors (Lipinski definition) is 1. The zero-order chi connectivity index (χ0) is 20.1. The number of pyridine rings is 1. The second kappa shape index (κ2) is 9.06. The molecule has 0 atom stereocenters. The molecule has 0 bridgehead atoms. The first-order valence-corrected chi connectivity index (χ1v) is 10.5. The summed E-state index contributed by atoms with van der Waals surface area (Å²) in [4.78, 5) is 16.5. The van der Waals surface area contributed by atoms with Gasteiger partial charge < -0.3 is 9.73 Å². The SMILES string of the molecule is O=C(CSc1nnc(-c2ccncc2)n1Cc1ccco1)Nc1ccccc1Br. The number of hydrogen-bond acceptors (Lipinski definition) is 6. The normalized spacial score (nSPS) is 10.8. The van der Waals surface area contributed by atoms with Gasteiger partial charge in [-0.3, -0.25) is 14.3 Å². The highest BCUT2D eigenvalue weighted by atomic mass is 79.9. The van der Waals surface area contributed by atoms with E-state index in [0.29, 0.717) is 17.5 Å². The molecule has 0 aliphatic carbocycles. The maximum atomic E-state index is 12.4. The maximum Gasteiger partial charge on any atom is 0.234 e. The van der Waals surface area contributed by atoms with Crippen molar-refractivity contribution in [2.45, 2.75) is 11.7 Å². The van der Waals surface area contributed by atoms with Crippen LogP contribution in [0.1, 0.15) is 5.76 Å². The van der Waals surface area contributed by atoms with Crippen LogP contribution in [0.15, 0.2) is 81.2 Å². The van der Waals surface area contributed by atoms with Gasteiger partial charge in [-0.1, -0.05) is 23.9 Å². The fourth-order valence-corrected chi connectivity index (χ4v) is 3.81. The number of benzene rings is 1. The number of nitrogens with one attached hydrogen (secondary N) is 1. The van der Waals surface area contributed by atoms with E-state index in [1.165, 1.54) is 11.8 Å². The van der Waals surface area contributed by atoms with Crippen molar-refractivity contribution in [2.24, 2.45) is 0 Å². The minimum absolute atomic E-state index is 0.125. The Morgan fingerprint density at radius 2 is 1.93 bits per heavy atom. The lowest BCUT2D eigenvalue weighted by Gasteiger charge is -2.09. The highest BCUT2D eigenvalue weighted by Crippen LogP contribution is 2.26. The van der Waals surface area contributed by atoms with Crippen LogP contribution in [-0.2, 0) is 11.3 Å². The van der Waals surface area contributed by atoms with E-state index >= 15 is 0 Å². The predicted octanol–water partition coefficient (Wildman–Crippen LogP) is 4.47. The Hall–Kier alpha value is -2.91. The lowest BCUT2D eigenvalue weighted by molar-refractivity contribution is -0.113. The van der Waals surface area contributed by atoms with Crippen LogP contribution >= 0.6 is 27.7 Å². The van der Waals surface area contributed by atoms with E-state index in [1.807, 2.05) is 53.1 Å². The van der Waals surface area contributed by atoms with Crippen molar-refractivity contribution in [2.75, 3.05) is 11.1 Å². The summed E-state index contributed by atoms with van der Waals surface area (Å²) in [7, 11) is 0. The average molecular weight is 470 g/mol. The lowest BCUT2D eigenvalue weighted by atomic mass is 10.2. The molecule has 0 aliphatic heterocycles. The van der Waals surface area contributed by atoms with Gasteiger partial charge in [-0.15, -0.1) is 10.2 Å². The van der Waals surface area contributed by atoms with Gasteiger partial charge in [-0.2, -0.15) is 0 Å². The molecule has 1 N–H and O–H groups in total. The number of halogens is 1. The standard InChI is InChI=1S/C20H16BrN5O2S/c21-16-5-1-2-6-17(16)23-18(27)13-29-20-25-24-19(14-7-9-22-10-8-14)26(20)12-15-4-3-11-28-15/h1-11H,12-13H2,(H,23,27). The fraction of sp³-hybridized carbons (Fsp3) is 0.100. The predicted molar refractivity (Wildman–Crippen MR) is 115 cm³/mol. The second-order valence-electron chi connectivity index (χ2n) is 6.02. The largest absolute Gasteiger partial charge is 0.467 e. The zero-order valence-corrected chi connectivity index (χ0v) is 17.6. The van der Waals surface area contributed by atoms with Crippen molar-refractivity contribution < 1.29 is 9.21 Å². The fourth-order valence-electron chi connectivity index (χ4n) is 2.69. The van der Waals surface area contributed by atoms with Gasteiger partial charge in [0, 0.05) is 22.4 Å². The van der Waals surface area contributed by atoms with Crippen LogP contribution < -0.4 is 5.32 Å². The van der Waals surface area contributed by atoms with Crippen LogP contribution in [-0.4, -0.2) is 31.4 Å².